The minimum Gasteiger partial charge on any atom is -0.400 e. The van der Waals surface area contributed by atoms with E-state index in [4.69, 9.17) is 5.73 Å². The normalized spacial score (nSPS) is 15.4. The average Bonchev–Trinajstić information content (AvgIpc) is 2.98. The first-order valence-electron chi connectivity index (χ1n) is 13.5. The molecule has 0 unspecified atom stereocenters. The van der Waals surface area contributed by atoms with E-state index in [0.29, 0.717) is 23.5 Å². The van der Waals surface area contributed by atoms with Crippen LogP contribution in [0.2, 0.25) is 0 Å². The maximum atomic E-state index is 13.5. The minimum absolute atomic E-state index is 0.251. The zero-order chi connectivity index (χ0) is 26.6. The Bertz CT molecular complexity index is 1510. The summed E-state index contributed by atoms with van der Waals surface area (Å²) in [5.41, 5.74) is 14.7. The van der Waals surface area contributed by atoms with Crippen molar-refractivity contribution in [3.8, 4) is 22.4 Å². The number of anilines is 2. The number of benzene rings is 2. The molecule has 6 rings (SSSR count). The van der Waals surface area contributed by atoms with Gasteiger partial charge in [-0.2, -0.15) is 0 Å². The van der Waals surface area contributed by atoms with Gasteiger partial charge in [0.2, 0.25) is 0 Å². The van der Waals surface area contributed by atoms with Crippen LogP contribution in [0.15, 0.2) is 91.0 Å². The topological polar surface area (TPSA) is 96.2 Å². The lowest BCUT2D eigenvalue weighted by Gasteiger charge is -2.26. The molecule has 39 heavy (non-hydrogen) atoms. The lowest BCUT2D eigenvalue weighted by Crippen LogP contribution is -2.29. The fourth-order valence-electron chi connectivity index (χ4n) is 5.35. The summed E-state index contributed by atoms with van der Waals surface area (Å²) >= 11 is 0. The van der Waals surface area contributed by atoms with Crippen LogP contribution in [0.3, 0.4) is 0 Å². The third-order valence-electron chi connectivity index (χ3n) is 7.38. The Labute approximate surface area is 228 Å². The molecule has 4 heterocycles. The maximum absolute atomic E-state index is 13.5. The SMILES string of the molecule is NC1=C(C(=O)Nc2ccc(-c3ccccc3)nc2)c2cc(-c3cncc(CN4CCCCC4)c3)ccc2NC1. The molecule has 1 saturated heterocycles. The number of nitrogens with one attached hydrogen (secondary N) is 2. The summed E-state index contributed by atoms with van der Waals surface area (Å²) in [4.78, 5) is 25.0. The van der Waals surface area contributed by atoms with E-state index in [9.17, 15) is 4.79 Å². The van der Waals surface area contributed by atoms with Crippen LogP contribution in [-0.4, -0.2) is 40.4 Å². The van der Waals surface area contributed by atoms with Crippen LogP contribution in [0.4, 0.5) is 11.4 Å². The van der Waals surface area contributed by atoms with Gasteiger partial charge in [-0.25, -0.2) is 0 Å². The smallest absolute Gasteiger partial charge is 0.258 e. The Morgan fingerprint density at radius 2 is 1.74 bits per heavy atom. The van der Waals surface area contributed by atoms with Crippen molar-refractivity contribution in [3.05, 3.63) is 102 Å². The Hall–Kier alpha value is -4.49. The number of carbonyl (C=O) groups is 1. The molecule has 1 amide bonds. The lowest BCUT2D eigenvalue weighted by atomic mass is 9.93. The number of nitrogens with zero attached hydrogens (tertiary/aromatic N) is 3. The first-order chi connectivity index (χ1) is 19.1. The van der Waals surface area contributed by atoms with Gasteiger partial charge in [-0.05, 0) is 67.4 Å². The standard InChI is InChI=1S/C32H32N6O/c33-28-20-36-30-11-9-24(25-15-22(17-34-18-25)21-38-13-5-2-6-14-38)16-27(30)31(28)32(39)37-26-10-12-29(35-19-26)23-7-3-1-4-8-23/h1,3-4,7-12,15-19,36H,2,5-6,13-14,20-21,33H2,(H,37,39). The van der Waals surface area contributed by atoms with Crippen molar-refractivity contribution in [1.82, 2.24) is 14.9 Å². The summed E-state index contributed by atoms with van der Waals surface area (Å²) in [6, 6.07) is 22.0. The number of rotatable bonds is 6. The fraction of sp³-hybridized carbons (Fsp3) is 0.219. The van der Waals surface area contributed by atoms with Crippen molar-refractivity contribution in [2.24, 2.45) is 5.73 Å². The van der Waals surface area contributed by atoms with Gasteiger partial charge in [0.1, 0.15) is 0 Å². The summed E-state index contributed by atoms with van der Waals surface area (Å²) in [7, 11) is 0. The first kappa shape index (κ1) is 24.8. The van der Waals surface area contributed by atoms with E-state index in [1.54, 1.807) is 6.20 Å². The van der Waals surface area contributed by atoms with Crippen LogP contribution in [0, 0.1) is 0 Å². The highest BCUT2D eigenvalue weighted by atomic mass is 16.1. The third-order valence-corrected chi connectivity index (χ3v) is 7.38. The van der Waals surface area contributed by atoms with Crippen LogP contribution >= 0.6 is 0 Å². The zero-order valence-corrected chi connectivity index (χ0v) is 21.9. The highest BCUT2D eigenvalue weighted by molar-refractivity contribution is 6.27. The number of hydrogen-bond acceptors (Lipinski definition) is 6. The monoisotopic (exact) mass is 516 g/mol. The molecule has 0 aliphatic carbocycles. The predicted octanol–water partition coefficient (Wildman–Crippen LogP) is 5.53. The summed E-state index contributed by atoms with van der Waals surface area (Å²) in [5, 5.41) is 6.32. The van der Waals surface area contributed by atoms with E-state index >= 15 is 0 Å². The van der Waals surface area contributed by atoms with Crippen LogP contribution < -0.4 is 16.4 Å². The molecule has 196 valence electrons. The van der Waals surface area contributed by atoms with Crippen LogP contribution in [0.1, 0.15) is 30.4 Å². The molecule has 4 aromatic rings. The molecule has 0 bridgehead atoms. The number of likely N-dealkylation sites (tertiary alicyclic amines) is 1. The Balaban J connectivity index is 1.23. The quantitative estimate of drug-likeness (QED) is 0.312. The zero-order valence-electron chi connectivity index (χ0n) is 21.9. The van der Waals surface area contributed by atoms with Gasteiger partial charge in [-0.15, -0.1) is 0 Å². The van der Waals surface area contributed by atoms with Gasteiger partial charge in [0.25, 0.3) is 5.91 Å². The highest BCUT2D eigenvalue weighted by Crippen LogP contribution is 2.34. The molecule has 1 fully saturated rings. The van der Waals surface area contributed by atoms with E-state index in [0.717, 1.165) is 53.3 Å². The van der Waals surface area contributed by atoms with Gasteiger partial charge < -0.3 is 16.4 Å². The van der Waals surface area contributed by atoms with E-state index in [-0.39, 0.29) is 5.91 Å². The van der Waals surface area contributed by atoms with Crippen molar-refractivity contribution in [2.45, 2.75) is 25.8 Å². The molecule has 0 radical (unpaired) electrons. The molecule has 2 aliphatic heterocycles. The molecule has 7 heteroatoms. The highest BCUT2D eigenvalue weighted by Gasteiger charge is 2.24. The predicted molar refractivity (Wildman–Crippen MR) is 157 cm³/mol. The van der Waals surface area contributed by atoms with Gasteiger partial charge >= 0.3 is 0 Å². The van der Waals surface area contributed by atoms with E-state index in [2.05, 4.69) is 37.6 Å². The Morgan fingerprint density at radius 1 is 0.897 bits per heavy atom. The number of amides is 1. The number of fused-ring (bicyclic) bond motifs is 1. The van der Waals surface area contributed by atoms with Gasteiger partial charge in [-0.3, -0.25) is 19.7 Å². The largest absolute Gasteiger partial charge is 0.400 e. The number of pyridine rings is 2. The number of carbonyl (C=O) groups excluding carboxylic acids is 1. The summed E-state index contributed by atoms with van der Waals surface area (Å²) in [6.07, 6.45) is 9.35. The third kappa shape index (κ3) is 5.54. The van der Waals surface area contributed by atoms with Gasteiger partial charge in [-0.1, -0.05) is 42.8 Å². The van der Waals surface area contributed by atoms with Crippen molar-refractivity contribution in [3.63, 3.8) is 0 Å². The molecule has 7 nitrogen and oxygen atoms in total. The number of hydrogen-bond donors (Lipinski definition) is 3. The average molecular weight is 517 g/mol. The van der Waals surface area contributed by atoms with Crippen LogP contribution in [0.25, 0.3) is 28.0 Å². The van der Waals surface area contributed by atoms with Gasteiger partial charge in [0, 0.05) is 47.0 Å². The van der Waals surface area contributed by atoms with Crippen LogP contribution in [0.5, 0.6) is 0 Å². The van der Waals surface area contributed by atoms with Crippen LogP contribution in [-0.2, 0) is 11.3 Å². The maximum Gasteiger partial charge on any atom is 0.258 e. The van der Waals surface area contributed by atoms with Crippen molar-refractivity contribution in [2.75, 3.05) is 30.3 Å². The second-order valence-corrected chi connectivity index (χ2v) is 10.2. The van der Waals surface area contributed by atoms with Gasteiger partial charge in [0.05, 0.1) is 29.7 Å². The van der Waals surface area contributed by atoms with Crippen molar-refractivity contribution < 1.29 is 4.79 Å². The molecule has 0 spiro atoms. The summed E-state index contributed by atoms with van der Waals surface area (Å²) in [5.74, 6) is -0.251. The minimum atomic E-state index is -0.251. The van der Waals surface area contributed by atoms with Crippen molar-refractivity contribution >= 4 is 22.9 Å². The number of piperidine rings is 1. The van der Waals surface area contributed by atoms with E-state index in [1.807, 2.05) is 67.0 Å². The molecule has 4 N–H and O–H groups in total. The summed E-state index contributed by atoms with van der Waals surface area (Å²) in [6.45, 7) is 3.60. The number of aromatic nitrogens is 2. The molecular weight excluding hydrogens is 484 g/mol. The molecule has 2 aromatic carbocycles. The molecule has 2 aromatic heterocycles. The second-order valence-electron chi connectivity index (χ2n) is 10.2. The second kappa shape index (κ2) is 11.1. The molecular formula is C32H32N6O. The van der Waals surface area contributed by atoms with E-state index in [1.165, 1.54) is 24.8 Å². The first-order valence-corrected chi connectivity index (χ1v) is 13.5. The van der Waals surface area contributed by atoms with Gasteiger partial charge in [0.15, 0.2) is 0 Å². The molecule has 0 atom stereocenters. The summed E-state index contributed by atoms with van der Waals surface area (Å²) < 4.78 is 0. The molecule has 0 saturated carbocycles. The Morgan fingerprint density at radius 3 is 2.54 bits per heavy atom. The fourth-order valence-corrected chi connectivity index (χ4v) is 5.35. The van der Waals surface area contributed by atoms with E-state index < -0.39 is 0 Å². The Kier molecular flexibility index (Phi) is 7.06. The number of nitrogens with two attached hydrogens (primary N) is 1. The lowest BCUT2D eigenvalue weighted by molar-refractivity contribution is -0.111. The van der Waals surface area contributed by atoms with Crippen molar-refractivity contribution in [1.29, 1.82) is 0 Å². The molecule has 2 aliphatic rings.